The molecular weight excluding hydrogens is 360 g/mol. The van der Waals surface area contributed by atoms with Gasteiger partial charge in [0.25, 0.3) is 5.91 Å². The molecule has 25 heavy (non-hydrogen) atoms. The number of hydrogen-bond donors (Lipinski definition) is 2. The number of phenolic OH excluding ortho intramolecular Hbond substituents is 1. The summed E-state index contributed by atoms with van der Waals surface area (Å²) >= 11 is 2.55. The van der Waals surface area contributed by atoms with Gasteiger partial charge in [-0.2, -0.15) is 14.6 Å². The maximum atomic E-state index is 12.3. The summed E-state index contributed by atoms with van der Waals surface area (Å²) in [5, 5.41) is 22.6. The van der Waals surface area contributed by atoms with Gasteiger partial charge in [-0.1, -0.05) is 31.7 Å². The number of aromatic nitrogens is 2. The third kappa shape index (κ3) is 5.20. The molecule has 0 unspecified atom stereocenters. The number of anilines is 1. The highest BCUT2D eigenvalue weighted by molar-refractivity contribution is 7.99. The van der Waals surface area contributed by atoms with Gasteiger partial charge in [0.05, 0.1) is 7.11 Å². The summed E-state index contributed by atoms with van der Waals surface area (Å²) in [7, 11) is 1.42. The summed E-state index contributed by atoms with van der Waals surface area (Å²) in [6.07, 6.45) is 1.40. The van der Waals surface area contributed by atoms with E-state index in [1.807, 2.05) is 19.9 Å². The molecule has 1 amide bonds. The second-order valence-electron chi connectivity index (χ2n) is 5.10. The predicted octanol–water partition coefficient (Wildman–Crippen LogP) is 3.30. The van der Waals surface area contributed by atoms with Crippen molar-refractivity contribution in [3.8, 4) is 17.6 Å². The molecule has 0 atom stereocenters. The van der Waals surface area contributed by atoms with E-state index in [0.717, 1.165) is 11.5 Å². The number of nitrogens with zero attached hydrogens (tertiary/aromatic N) is 3. The van der Waals surface area contributed by atoms with Crippen LogP contribution in [0.5, 0.6) is 11.5 Å². The third-order valence-electron chi connectivity index (χ3n) is 2.85. The quantitative estimate of drug-likeness (QED) is 0.452. The number of methoxy groups -OCH3 is 1. The van der Waals surface area contributed by atoms with Crippen LogP contribution in [0.15, 0.2) is 28.9 Å². The average molecular weight is 376 g/mol. The molecule has 0 spiro atoms. The Balaban J connectivity index is 2.15. The Morgan fingerprint density at radius 2 is 2.28 bits per heavy atom. The normalized spacial score (nSPS) is 11.2. The van der Waals surface area contributed by atoms with E-state index in [9.17, 15) is 15.2 Å². The lowest BCUT2D eigenvalue weighted by atomic mass is 10.1. The van der Waals surface area contributed by atoms with Crippen molar-refractivity contribution in [2.24, 2.45) is 0 Å². The van der Waals surface area contributed by atoms with Crippen LogP contribution in [0.2, 0.25) is 0 Å². The van der Waals surface area contributed by atoms with Crippen LogP contribution in [-0.2, 0) is 4.79 Å². The van der Waals surface area contributed by atoms with Gasteiger partial charge < -0.3 is 9.84 Å². The lowest BCUT2D eigenvalue weighted by molar-refractivity contribution is -0.112. The molecular formula is C16H16N4O3S2. The van der Waals surface area contributed by atoms with Crippen LogP contribution >= 0.6 is 23.3 Å². The molecule has 2 rings (SSSR count). The van der Waals surface area contributed by atoms with E-state index < -0.39 is 5.91 Å². The van der Waals surface area contributed by atoms with Gasteiger partial charge in [-0.25, -0.2) is 0 Å². The van der Waals surface area contributed by atoms with Crippen molar-refractivity contribution in [3.05, 3.63) is 29.3 Å². The summed E-state index contributed by atoms with van der Waals surface area (Å²) in [4.78, 5) is 16.5. The molecule has 1 aromatic heterocycles. The maximum absolute atomic E-state index is 12.3. The zero-order valence-corrected chi connectivity index (χ0v) is 15.4. The Bertz CT molecular complexity index is 840. The van der Waals surface area contributed by atoms with Crippen LogP contribution in [0, 0.1) is 11.3 Å². The highest BCUT2D eigenvalue weighted by atomic mass is 32.2. The number of nitrogens with one attached hydrogen (secondary N) is 1. The van der Waals surface area contributed by atoms with Crippen molar-refractivity contribution in [1.82, 2.24) is 9.36 Å². The number of ether oxygens (including phenoxy) is 1. The molecule has 7 nitrogen and oxygen atoms in total. The molecule has 0 aliphatic carbocycles. The molecule has 0 aliphatic heterocycles. The van der Waals surface area contributed by atoms with E-state index in [1.54, 1.807) is 6.07 Å². The van der Waals surface area contributed by atoms with Crippen molar-refractivity contribution in [2.45, 2.75) is 24.3 Å². The Morgan fingerprint density at radius 3 is 2.92 bits per heavy atom. The molecule has 1 aromatic carbocycles. The number of phenols is 1. The Kier molecular flexibility index (Phi) is 6.38. The largest absolute Gasteiger partial charge is 0.504 e. The molecule has 0 saturated heterocycles. The number of amides is 1. The van der Waals surface area contributed by atoms with Crippen LogP contribution < -0.4 is 10.1 Å². The standard InChI is InChI=1S/C16H16N4O3S2/c1-9(2)24-16-19-15(25-20-16)18-14(22)11(8-17)6-10-4-5-12(21)13(7-10)23-3/h4-7,9,21H,1-3H3,(H,18,19,20,22). The minimum atomic E-state index is -0.577. The SMILES string of the molecule is COc1cc(C=C(C#N)C(=O)Nc2nc(SC(C)C)ns2)ccc1O. The molecule has 9 heteroatoms. The van der Waals surface area contributed by atoms with Crippen LogP contribution in [0.1, 0.15) is 19.4 Å². The summed E-state index contributed by atoms with van der Waals surface area (Å²) in [6.45, 7) is 4.04. The summed E-state index contributed by atoms with van der Waals surface area (Å²) in [6, 6.07) is 6.39. The number of aromatic hydroxyl groups is 1. The second-order valence-corrected chi connectivity index (χ2v) is 7.40. The number of thioether (sulfide) groups is 1. The van der Waals surface area contributed by atoms with Gasteiger partial charge in [0.15, 0.2) is 11.5 Å². The van der Waals surface area contributed by atoms with Crippen molar-refractivity contribution >= 4 is 40.4 Å². The highest BCUT2D eigenvalue weighted by Crippen LogP contribution is 2.27. The van der Waals surface area contributed by atoms with Crippen LogP contribution in [0.25, 0.3) is 6.08 Å². The number of carbonyl (C=O) groups is 1. The molecule has 0 aliphatic rings. The van der Waals surface area contributed by atoms with Crippen LogP contribution in [0.3, 0.4) is 0 Å². The van der Waals surface area contributed by atoms with Crippen molar-refractivity contribution in [2.75, 3.05) is 12.4 Å². The van der Waals surface area contributed by atoms with E-state index in [0.29, 0.717) is 21.1 Å². The van der Waals surface area contributed by atoms with Crippen LogP contribution in [0.4, 0.5) is 5.13 Å². The molecule has 2 aromatic rings. The fourth-order valence-corrected chi connectivity index (χ4v) is 3.16. The highest BCUT2D eigenvalue weighted by Gasteiger charge is 2.14. The predicted molar refractivity (Wildman–Crippen MR) is 97.8 cm³/mol. The zero-order valence-electron chi connectivity index (χ0n) is 13.8. The smallest absolute Gasteiger partial charge is 0.268 e. The Labute approximate surface area is 153 Å². The maximum Gasteiger partial charge on any atom is 0.268 e. The first kappa shape index (κ1) is 18.8. The number of benzene rings is 1. The van der Waals surface area contributed by atoms with Crippen molar-refractivity contribution in [3.63, 3.8) is 0 Å². The fraction of sp³-hybridized carbons (Fsp3) is 0.250. The Hall–Kier alpha value is -2.57. The first-order valence-corrected chi connectivity index (χ1v) is 8.88. The van der Waals surface area contributed by atoms with Gasteiger partial charge in [0.2, 0.25) is 10.3 Å². The van der Waals surface area contributed by atoms with Crippen molar-refractivity contribution in [1.29, 1.82) is 5.26 Å². The molecule has 1 heterocycles. The van der Waals surface area contributed by atoms with Gasteiger partial charge >= 0.3 is 0 Å². The minimum absolute atomic E-state index is 0.0216. The number of nitriles is 1. The first-order chi connectivity index (χ1) is 11.9. The average Bonchev–Trinajstić information content (AvgIpc) is 2.99. The second kappa shape index (κ2) is 8.50. The van der Waals surface area contributed by atoms with Crippen molar-refractivity contribution < 1.29 is 14.6 Å². The summed E-state index contributed by atoms with van der Waals surface area (Å²) in [5.41, 5.74) is 0.454. The first-order valence-electron chi connectivity index (χ1n) is 7.23. The van der Waals surface area contributed by atoms with E-state index in [4.69, 9.17) is 4.74 Å². The molecule has 0 saturated carbocycles. The van der Waals surface area contributed by atoms with E-state index in [1.165, 1.54) is 37.1 Å². The lowest BCUT2D eigenvalue weighted by Crippen LogP contribution is -2.13. The Morgan fingerprint density at radius 1 is 1.52 bits per heavy atom. The summed E-state index contributed by atoms with van der Waals surface area (Å²) in [5.74, 6) is -0.343. The molecule has 2 N–H and O–H groups in total. The molecule has 0 fully saturated rings. The van der Waals surface area contributed by atoms with Gasteiger partial charge in [-0.3, -0.25) is 10.1 Å². The topological polar surface area (TPSA) is 108 Å². The fourth-order valence-electron chi connectivity index (χ4n) is 1.78. The van der Waals surface area contributed by atoms with Crippen LogP contribution in [-0.4, -0.2) is 32.7 Å². The van der Waals surface area contributed by atoms with Gasteiger partial charge in [-0.05, 0) is 23.8 Å². The molecule has 130 valence electrons. The molecule has 0 radical (unpaired) electrons. The van der Waals surface area contributed by atoms with Gasteiger partial charge in [0.1, 0.15) is 11.6 Å². The van der Waals surface area contributed by atoms with E-state index >= 15 is 0 Å². The van der Waals surface area contributed by atoms with Gasteiger partial charge in [-0.15, -0.1) is 0 Å². The molecule has 0 bridgehead atoms. The number of rotatable bonds is 6. The zero-order chi connectivity index (χ0) is 18.4. The van der Waals surface area contributed by atoms with E-state index in [2.05, 4.69) is 14.7 Å². The van der Waals surface area contributed by atoms with Gasteiger partial charge in [0, 0.05) is 16.8 Å². The van der Waals surface area contributed by atoms with E-state index in [-0.39, 0.29) is 17.1 Å². The third-order valence-corrected chi connectivity index (χ3v) is 4.46. The number of carbonyl (C=O) groups excluding carboxylic acids is 1. The monoisotopic (exact) mass is 376 g/mol. The number of hydrogen-bond acceptors (Lipinski definition) is 8. The lowest BCUT2D eigenvalue weighted by Gasteiger charge is -2.04. The summed E-state index contributed by atoms with van der Waals surface area (Å²) < 4.78 is 9.15. The minimum Gasteiger partial charge on any atom is -0.504 e.